The number of rotatable bonds is 1. The van der Waals surface area contributed by atoms with Crippen molar-refractivity contribution in [1.29, 1.82) is 0 Å². The summed E-state index contributed by atoms with van der Waals surface area (Å²) < 4.78 is 1.59. The van der Waals surface area contributed by atoms with E-state index in [9.17, 15) is 9.90 Å². The number of anilines is 1. The van der Waals surface area contributed by atoms with Gasteiger partial charge in [-0.05, 0) is 19.1 Å². The Morgan fingerprint density at radius 1 is 1.40 bits per heavy atom. The van der Waals surface area contributed by atoms with Gasteiger partial charge in [-0.1, -0.05) is 0 Å². The van der Waals surface area contributed by atoms with Gasteiger partial charge in [-0.15, -0.1) is 0 Å². The van der Waals surface area contributed by atoms with E-state index in [-0.39, 0.29) is 11.3 Å². The van der Waals surface area contributed by atoms with Crippen LogP contribution in [0.4, 0.5) is 5.69 Å². The van der Waals surface area contributed by atoms with Crippen molar-refractivity contribution in [1.82, 2.24) is 4.57 Å². The van der Waals surface area contributed by atoms with Crippen LogP contribution < -0.4 is 11.3 Å². The number of benzene rings is 1. The molecule has 1 aromatic heterocycles. The molecule has 0 aliphatic heterocycles. The lowest BCUT2D eigenvalue weighted by Crippen LogP contribution is -2.18. The molecule has 0 saturated carbocycles. The Bertz CT molecular complexity index is 573. The lowest BCUT2D eigenvalue weighted by atomic mass is 10.1. The zero-order valence-corrected chi connectivity index (χ0v) is 8.40. The molecule has 0 atom stereocenters. The Morgan fingerprint density at radius 3 is 2.80 bits per heavy atom. The molecule has 4 nitrogen and oxygen atoms in total. The largest absolute Gasteiger partial charge is 0.508 e. The minimum Gasteiger partial charge on any atom is -0.508 e. The van der Waals surface area contributed by atoms with Crippen LogP contribution in [0.1, 0.15) is 6.92 Å². The molecule has 0 fully saturated rings. The molecule has 2 aromatic rings. The van der Waals surface area contributed by atoms with Crippen LogP contribution in [0.5, 0.6) is 5.75 Å². The summed E-state index contributed by atoms with van der Waals surface area (Å²) >= 11 is 0. The Hall–Kier alpha value is -1.97. The molecule has 78 valence electrons. The number of aromatic nitrogens is 1. The number of nitrogen functional groups attached to an aromatic ring is 1. The summed E-state index contributed by atoms with van der Waals surface area (Å²) in [6.07, 6.45) is 0. The number of phenols is 1. The van der Waals surface area contributed by atoms with Gasteiger partial charge in [-0.3, -0.25) is 4.79 Å². The number of phenolic OH excluding ortho intramolecular Hbond substituents is 1. The van der Waals surface area contributed by atoms with Crippen molar-refractivity contribution in [2.75, 3.05) is 5.73 Å². The second kappa shape index (κ2) is 3.31. The van der Waals surface area contributed by atoms with Crippen molar-refractivity contribution in [3.63, 3.8) is 0 Å². The topological polar surface area (TPSA) is 68.2 Å². The fraction of sp³-hybridized carbons (Fsp3) is 0.182. The van der Waals surface area contributed by atoms with Crippen LogP contribution in [0.25, 0.3) is 10.9 Å². The molecule has 0 spiro atoms. The SMILES string of the molecule is CCn1c(=O)ccc2cc(O)cc(N)c21. The van der Waals surface area contributed by atoms with Crippen LogP contribution in [0.15, 0.2) is 29.1 Å². The second-order valence-electron chi connectivity index (χ2n) is 3.39. The Labute approximate surface area is 86.6 Å². The van der Waals surface area contributed by atoms with Crippen LogP contribution in [0, 0.1) is 0 Å². The van der Waals surface area contributed by atoms with Gasteiger partial charge in [0.2, 0.25) is 0 Å². The summed E-state index contributed by atoms with van der Waals surface area (Å²) in [6, 6.07) is 6.19. The highest BCUT2D eigenvalue weighted by Crippen LogP contribution is 2.25. The van der Waals surface area contributed by atoms with E-state index in [0.717, 1.165) is 5.39 Å². The number of hydrogen-bond donors (Lipinski definition) is 2. The van der Waals surface area contributed by atoms with Crippen LogP contribution in [-0.2, 0) is 6.54 Å². The average molecular weight is 204 g/mol. The summed E-state index contributed by atoms with van der Waals surface area (Å²) in [5, 5.41) is 10.1. The van der Waals surface area contributed by atoms with E-state index in [2.05, 4.69) is 0 Å². The van der Waals surface area contributed by atoms with E-state index in [0.29, 0.717) is 17.7 Å². The maximum atomic E-state index is 11.5. The van der Waals surface area contributed by atoms with Crippen molar-refractivity contribution < 1.29 is 5.11 Å². The number of nitrogens with zero attached hydrogens (tertiary/aromatic N) is 1. The Kier molecular flexibility index (Phi) is 2.11. The van der Waals surface area contributed by atoms with Gasteiger partial charge in [0.25, 0.3) is 5.56 Å². The highest BCUT2D eigenvalue weighted by atomic mass is 16.3. The summed E-state index contributed by atoms with van der Waals surface area (Å²) in [7, 11) is 0. The van der Waals surface area contributed by atoms with Gasteiger partial charge >= 0.3 is 0 Å². The third-order valence-corrected chi connectivity index (χ3v) is 2.41. The fourth-order valence-electron chi connectivity index (χ4n) is 1.78. The number of hydrogen-bond acceptors (Lipinski definition) is 3. The van der Waals surface area contributed by atoms with E-state index >= 15 is 0 Å². The van der Waals surface area contributed by atoms with Gasteiger partial charge < -0.3 is 15.4 Å². The molecular formula is C11H12N2O2. The minimum absolute atomic E-state index is 0.0811. The second-order valence-corrected chi connectivity index (χ2v) is 3.39. The van der Waals surface area contributed by atoms with Gasteiger partial charge in [0.1, 0.15) is 5.75 Å². The summed E-state index contributed by atoms with van der Waals surface area (Å²) in [4.78, 5) is 11.5. The predicted octanol–water partition coefficient (Wildman–Crippen LogP) is 1.31. The molecule has 0 unspecified atom stereocenters. The van der Waals surface area contributed by atoms with Gasteiger partial charge in [-0.25, -0.2) is 0 Å². The number of aryl methyl sites for hydroxylation is 1. The maximum Gasteiger partial charge on any atom is 0.251 e. The van der Waals surface area contributed by atoms with Gasteiger partial charge in [0.05, 0.1) is 11.2 Å². The van der Waals surface area contributed by atoms with E-state index < -0.39 is 0 Å². The number of pyridine rings is 1. The zero-order chi connectivity index (χ0) is 11.0. The quantitative estimate of drug-likeness (QED) is 0.688. The fourth-order valence-corrected chi connectivity index (χ4v) is 1.78. The number of nitrogens with two attached hydrogens (primary N) is 1. The van der Waals surface area contributed by atoms with Crippen LogP contribution in [0.3, 0.4) is 0 Å². The molecule has 0 aliphatic rings. The molecule has 1 heterocycles. The van der Waals surface area contributed by atoms with Crippen molar-refractivity contribution >= 4 is 16.6 Å². The molecule has 3 N–H and O–H groups in total. The molecular weight excluding hydrogens is 192 g/mol. The molecule has 2 rings (SSSR count). The van der Waals surface area contributed by atoms with E-state index in [1.165, 1.54) is 12.1 Å². The van der Waals surface area contributed by atoms with Crippen LogP contribution >= 0.6 is 0 Å². The highest BCUT2D eigenvalue weighted by molar-refractivity contribution is 5.91. The third kappa shape index (κ3) is 1.44. The molecule has 4 heteroatoms. The molecule has 15 heavy (non-hydrogen) atoms. The van der Waals surface area contributed by atoms with E-state index in [1.807, 2.05) is 6.92 Å². The van der Waals surface area contributed by atoms with Crippen LogP contribution in [-0.4, -0.2) is 9.67 Å². The van der Waals surface area contributed by atoms with E-state index in [4.69, 9.17) is 5.73 Å². The monoisotopic (exact) mass is 204 g/mol. The first-order valence-corrected chi connectivity index (χ1v) is 4.75. The first-order valence-electron chi connectivity index (χ1n) is 4.75. The highest BCUT2D eigenvalue weighted by Gasteiger charge is 2.06. The molecule has 0 aliphatic carbocycles. The van der Waals surface area contributed by atoms with Crippen LogP contribution in [0.2, 0.25) is 0 Å². The zero-order valence-electron chi connectivity index (χ0n) is 8.40. The number of fused-ring (bicyclic) bond motifs is 1. The first-order chi connectivity index (χ1) is 7.13. The third-order valence-electron chi connectivity index (χ3n) is 2.41. The normalized spacial score (nSPS) is 10.7. The predicted molar refractivity (Wildman–Crippen MR) is 60.0 cm³/mol. The standard InChI is InChI=1S/C11H12N2O2/c1-2-13-10(15)4-3-7-5-8(14)6-9(12)11(7)13/h3-6,14H,2,12H2,1H3. The van der Waals surface area contributed by atoms with Gasteiger partial charge in [-0.2, -0.15) is 0 Å². The summed E-state index contributed by atoms with van der Waals surface area (Å²) in [5.41, 5.74) is 6.81. The maximum absolute atomic E-state index is 11.5. The molecule has 0 bridgehead atoms. The lowest BCUT2D eigenvalue weighted by molar-refractivity contribution is 0.476. The van der Waals surface area contributed by atoms with Crippen molar-refractivity contribution in [2.45, 2.75) is 13.5 Å². The Balaban J connectivity index is 2.98. The summed E-state index contributed by atoms with van der Waals surface area (Å²) in [5.74, 6) is 0.112. The first kappa shape index (κ1) is 9.58. The van der Waals surface area contributed by atoms with Crippen molar-refractivity contribution in [3.05, 3.63) is 34.6 Å². The smallest absolute Gasteiger partial charge is 0.251 e. The molecule has 1 aromatic carbocycles. The van der Waals surface area contributed by atoms with Gasteiger partial charge in [0, 0.05) is 24.1 Å². The minimum atomic E-state index is -0.0811. The summed E-state index contributed by atoms with van der Waals surface area (Å²) in [6.45, 7) is 2.44. The van der Waals surface area contributed by atoms with Gasteiger partial charge in [0.15, 0.2) is 0 Å². The molecule has 0 amide bonds. The molecule has 0 radical (unpaired) electrons. The number of aromatic hydroxyl groups is 1. The van der Waals surface area contributed by atoms with E-state index in [1.54, 1.807) is 16.7 Å². The average Bonchev–Trinajstić information content (AvgIpc) is 2.18. The molecule has 0 saturated heterocycles. The Morgan fingerprint density at radius 2 is 2.13 bits per heavy atom. The lowest BCUT2D eigenvalue weighted by Gasteiger charge is -2.10. The van der Waals surface area contributed by atoms with Crippen molar-refractivity contribution in [2.24, 2.45) is 0 Å². The van der Waals surface area contributed by atoms with Crippen molar-refractivity contribution in [3.8, 4) is 5.75 Å².